The van der Waals surface area contributed by atoms with Crippen LogP contribution in [0.3, 0.4) is 0 Å². The molecular weight excluding hydrogens is 258 g/mol. The standard InChI is InChI=1S/C19H29NO/c1-5-8-17-16(6-2)10-11-19(21-4)18(17)14-20-12-7-9-15(3)13-20/h5,8,10-11,15H,6-7,9,12-14H2,1-4H3/b8-5-. The summed E-state index contributed by atoms with van der Waals surface area (Å²) >= 11 is 0. The molecule has 0 amide bonds. The quantitative estimate of drug-likeness (QED) is 0.789. The number of methoxy groups -OCH3 is 1. The predicted molar refractivity (Wildman–Crippen MR) is 90.8 cm³/mol. The van der Waals surface area contributed by atoms with Crippen molar-refractivity contribution < 1.29 is 4.74 Å². The van der Waals surface area contributed by atoms with Crippen LogP contribution in [0.1, 0.15) is 50.3 Å². The fourth-order valence-corrected chi connectivity index (χ4v) is 3.38. The molecule has 0 aromatic heterocycles. The lowest BCUT2D eigenvalue weighted by Crippen LogP contribution is -2.34. The van der Waals surface area contributed by atoms with E-state index in [9.17, 15) is 0 Å². The molecule has 1 heterocycles. The van der Waals surface area contributed by atoms with Gasteiger partial charge < -0.3 is 4.74 Å². The maximum absolute atomic E-state index is 5.64. The summed E-state index contributed by atoms with van der Waals surface area (Å²) in [4.78, 5) is 2.58. The Bertz CT molecular complexity index is 493. The number of rotatable bonds is 5. The van der Waals surface area contributed by atoms with Crippen LogP contribution in [0.15, 0.2) is 18.2 Å². The Balaban J connectivity index is 2.34. The molecule has 1 aromatic carbocycles. The molecule has 0 radical (unpaired) electrons. The van der Waals surface area contributed by atoms with Gasteiger partial charge in [-0.2, -0.15) is 0 Å². The van der Waals surface area contributed by atoms with E-state index in [0.717, 1.165) is 24.6 Å². The average Bonchev–Trinajstić information content (AvgIpc) is 2.49. The molecule has 116 valence electrons. The van der Waals surface area contributed by atoms with Crippen LogP contribution in [0.5, 0.6) is 5.75 Å². The van der Waals surface area contributed by atoms with Gasteiger partial charge in [0.15, 0.2) is 0 Å². The Morgan fingerprint density at radius 1 is 1.38 bits per heavy atom. The molecule has 2 rings (SSSR count). The van der Waals surface area contributed by atoms with E-state index in [0.29, 0.717) is 0 Å². The second kappa shape index (κ2) is 7.65. The highest BCUT2D eigenvalue weighted by atomic mass is 16.5. The summed E-state index contributed by atoms with van der Waals surface area (Å²) in [5.41, 5.74) is 4.12. The smallest absolute Gasteiger partial charge is 0.123 e. The fourth-order valence-electron chi connectivity index (χ4n) is 3.38. The third-order valence-electron chi connectivity index (χ3n) is 4.46. The maximum Gasteiger partial charge on any atom is 0.123 e. The van der Waals surface area contributed by atoms with Gasteiger partial charge in [0.05, 0.1) is 7.11 Å². The van der Waals surface area contributed by atoms with Crippen molar-refractivity contribution in [3.8, 4) is 5.75 Å². The Morgan fingerprint density at radius 2 is 2.19 bits per heavy atom. The summed E-state index contributed by atoms with van der Waals surface area (Å²) in [7, 11) is 1.78. The van der Waals surface area contributed by atoms with E-state index >= 15 is 0 Å². The first-order valence-electron chi connectivity index (χ1n) is 8.23. The van der Waals surface area contributed by atoms with Crippen LogP contribution < -0.4 is 4.74 Å². The molecule has 0 aliphatic carbocycles. The first-order chi connectivity index (χ1) is 10.2. The van der Waals surface area contributed by atoms with Gasteiger partial charge in [-0.3, -0.25) is 4.90 Å². The molecule has 0 spiro atoms. The summed E-state index contributed by atoms with van der Waals surface area (Å²) in [6, 6.07) is 4.34. The summed E-state index contributed by atoms with van der Waals surface area (Å²) < 4.78 is 5.64. The topological polar surface area (TPSA) is 12.5 Å². The molecule has 1 saturated heterocycles. The zero-order chi connectivity index (χ0) is 15.2. The normalized spacial score (nSPS) is 20.1. The highest BCUT2D eigenvalue weighted by Gasteiger charge is 2.20. The number of likely N-dealkylation sites (tertiary alicyclic amines) is 1. The van der Waals surface area contributed by atoms with Crippen molar-refractivity contribution in [1.29, 1.82) is 0 Å². The molecule has 1 aliphatic rings. The van der Waals surface area contributed by atoms with Crippen molar-refractivity contribution >= 4 is 6.08 Å². The number of piperidine rings is 1. The van der Waals surface area contributed by atoms with E-state index in [-0.39, 0.29) is 0 Å². The number of hydrogen-bond acceptors (Lipinski definition) is 2. The predicted octanol–water partition coefficient (Wildman–Crippen LogP) is 4.52. The van der Waals surface area contributed by atoms with E-state index in [4.69, 9.17) is 4.74 Å². The number of hydrogen-bond donors (Lipinski definition) is 0. The zero-order valence-electron chi connectivity index (χ0n) is 14.0. The molecule has 1 aromatic rings. The highest BCUT2D eigenvalue weighted by Crippen LogP contribution is 2.30. The minimum absolute atomic E-state index is 0.810. The lowest BCUT2D eigenvalue weighted by atomic mass is 9.95. The van der Waals surface area contributed by atoms with E-state index in [1.807, 2.05) is 0 Å². The van der Waals surface area contributed by atoms with Gasteiger partial charge in [0.25, 0.3) is 0 Å². The lowest BCUT2D eigenvalue weighted by Gasteiger charge is -2.32. The van der Waals surface area contributed by atoms with Gasteiger partial charge in [-0.1, -0.05) is 32.1 Å². The van der Waals surface area contributed by atoms with Crippen molar-refractivity contribution in [1.82, 2.24) is 4.90 Å². The van der Waals surface area contributed by atoms with Crippen LogP contribution in [0, 0.1) is 5.92 Å². The molecule has 0 bridgehead atoms. The third-order valence-corrected chi connectivity index (χ3v) is 4.46. The van der Waals surface area contributed by atoms with Crippen LogP contribution in [-0.4, -0.2) is 25.1 Å². The van der Waals surface area contributed by atoms with E-state index in [1.54, 1.807) is 7.11 Å². The minimum atomic E-state index is 0.810. The van der Waals surface area contributed by atoms with Gasteiger partial charge in [0.1, 0.15) is 5.75 Å². The molecule has 1 unspecified atom stereocenters. The number of benzene rings is 1. The van der Waals surface area contributed by atoms with E-state index in [1.165, 1.54) is 42.6 Å². The molecule has 0 saturated carbocycles. The summed E-state index contributed by atoms with van der Waals surface area (Å²) in [5.74, 6) is 1.84. The largest absolute Gasteiger partial charge is 0.496 e. The van der Waals surface area contributed by atoms with Crippen LogP contribution in [0.4, 0.5) is 0 Å². The Kier molecular flexibility index (Phi) is 5.86. The number of ether oxygens (including phenoxy) is 1. The van der Waals surface area contributed by atoms with Gasteiger partial charge in [0, 0.05) is 18.7 Å². The maximum atomic E-state index is 5.64. The second-order valence-electron chi connectivity index (χ2n) is 6.16. The number of nitrogens with zero attached hydrogens (tertiary/aromatic N) is 1. The first kappa shape index (κ1) is 16.1. The van der Waals surface area contributed by atoms with Crippen LogP contribution in [0.25, 0.3) is 6.08 Å². The van der Waals surface area contributed by atoms with Crippen LogP contribution in [-0.2, 0) is 13.0 Å². The Hall–Kier alpha value is -1.28. The molecule has 21 heavy (non-hydrogen) atoms. The van der Waals surface area contributed by atoms with Gasteiger partial charge in [-0.05, 0) is 55.8 Å². The van der Waals surface area contributed by atoms with Crippen LogP contribution in [0.2, 0.25) is 0 Å². The van der Waals surface area contributed by atoms with E-state index in [2.05, 4.69) is 50.0 Å². The highest BCUT2D eigenvalue weighted by molar-refractivity contribution is 5.62. The monoisotopic (exact) mass is 287 g/mol. The van der Waals surface area contributed by atoms with Crippen molar-refractivity contribution in [2.24, 2.45) is 5.92 Å². The van der Waals surface area contributed by atoms with Crippen molar-refractivity contribution in [3.05, 3.63) is 34.9 Å². The Morgan fingerprint density at radius 3 is 2.81 bits per heavy atom. The lowest BCUT2D eigenvalue weighted by molar-refractivity contribution is 0.175. The fraction of sp³-hybridized carbons (Fsp3) is 0.579. The van der Waals surface area contributed by atoms with E-state index < -0.39 is 0 Å². The number of aryl methyl sites for hydroxylation is 1. The average molecular weight is 287 g/mol. The first-order valence-corrected chi connectivity index (χ1v) is 8.23. The molecule has 1 aliphatic heterocycles. The minimum Gasteiger partial charge on any atom is -0.496 e. The molecule has 1 atom stereocenters. The summed E-state index contributed by atoms with van der Waals surface area (Å²) in [5, 5.41) is 0. The molecular formula is C19H29NO. The van der Waals surface area contributed by atoms with Gasteiger partial charge in [-0.25, -0.2) is 0 Å². The van der Waals surface area contributed by atoms with Crippen molar-refractivity contribution in [2.75, 3.05) is 20.2 Å². The van der Waals surface area contributed by atoms with Crippen molar-refractivity contribution in [3.63, 3.8) is 0 Å². The molecule has 2 nitrogen and oxygen atoms in total. The third kappa shape index (κ3) is 3.88. The summed E-state index contributed by atoms with van der Waals surface area (Å²) in [6.45, 7) is 10.1. The summed E-state index contributed by atoms with van der Waals surface area (Å²) in [6.07, 6.45) is 8.12. The SMILES string of the molecule is C/C=C\c1c(CC)ccc(OC)c1CN1CCCC(C)C1. The van der Waals surface area contributed by atoms with Crippen molar-refractivity contribution in [2.45, 2.75) is 46.6 Å². The molecule has 2 heteroatoms. The molecule has 1 fully saturated rings. The van der Waals surface area contributed by atoms with Crippen LogP contribution >= 0.6 is 0 Å². The zero-order valence-corrected chi connectivity index (χ0v) is 14.0. The van der Waals surface area contributed by atoms with Gasteiger partial charge >= 0.3 is 0 Å². The molecule has 0 N–H and O–H groups in total. The Labute approximate surface area is 129 Å². The van der Waals surface area contributed by atoms with Gasteiger partial charge in [0.2, 0.25) is 0 Å². The number of allylic oxidation sites excluding steroid dienone is 1. The van der Waals surface area contributed by atoms with Gasteiger partial charge in [-0.15, -0.1) is 0 Å². The second-order valence-corrected chi connectivity index (χ2v) is 6.16.